The van der Waals surface area contributed by atoms with Crippen LogP contribution in [-0.2, 0) is 0 Å². The molecule has 0 amide bonds. The van der Waals surface area contributed by atoms with Crippen LogP contribution in [-0.4, -0.2) is 23.3 Å². The van der Waals surface area contributed by atoms with Gasteiger partial charge in [0.1, 0.15) is 0 Å². The normalized spacial score (nSPS) is 27.0. The molecule has 0 spiro atoms. The van der Waals surface area contributed by atoms with Crippen LogP contribution < -0.4 is 0 Å². The van der Waals surface area contributed by atoms with E-state index in [0.717, 1.165) is 24.8 Å². The molecule has 2 heteroatoms. The van der Waals surface area contributed by atoms with Gasteiger partial charge in [-0.2, -0.15) is 5.10 Å². The number of benzene rings is 1. The van der Waals surface area contributed by atoms with E-state index in [-0.39, 0.29) is 0 Å². The lowest BCUT2D eigenvalue weighted by Gasteiger charge is -2.34. The Morgan fingerprint density at radius 2 is 1.66 bits per heavy atom. The molecule has 0 radical (unpaired) electrons. The number of allylic oxidation sites excluding steroid dienone is 3. The van der Waals surface area contributed by atoms with E-state index in [9.17, 15) is 0 Å². The fourth-order valence-electron chi connectivity index (χ4n) is 5.48. The second kappa shape index (κ2) is 12.4. The maximum atomic E-state index is 5.36. The summed E-state index contributed by atoms with van der Waals surface area (Å²) in [7, 11) is 0. The van der Waals surface area contributed by atoms with Crippen molar-refractivity contribution in [1.82, 2.24) is 5.01 Å². The molecule has 0 bridgehead atoms. The highest BCUT2D eigenvalue weighted by molar-refractivity contribution is 6.05. The molecule has 2 atom stereocenters. The van der Waals surface area contributed by atoms with Gasteiger partial charge >= 0.3 is 0 Å². The molecule has 0 saturated heterocycles. The highest BCUT2D eigenvalue weighted by atomic mass is 15.5. The van der Waals surface area contributed by atoms with Gasteiger partial charge in [-0.1, -0.05) is 107 Å². The number of rotatable bonds is 10. The van der Waals surface area contributed by atoms with Crippen LogP contribution in [0.4, 0.5) is 0 Å². The summed E-state index contributed by atoms with van der Waals surface area (Å²) in [5.74, 6) is 2.14. The first kappa shape index (κ1) is 24.8. The standard InChI is InChI=1S/C30H46N2/c1-6-9-15-28-29(24(5)17-16-23(4)7-2)30(27-13-11-10-12-14-27)31-32(28)22-26-20-18-25(8-3)19-21-26/h10-14,16-17,25-26,28-29H,6-9,15,18-22H2,1-5H3/b23-16+,24-17+. The van der Waals surface area contributed by atoms with E-state index in [1.54, 1.807) is 0 Å². The first-order valence-corrected chi connectivity index (χ1v) is 13.3. The van der Waals surface area contributed by atoms with E-state index in [1.165, 1.54) is 73.8 Å². The predicted molar refractivity (Wildman–Crippen MR) is 140 cm³/mol. The molecule has 3 rings (SSSR count). The first-order valence-electron chi connectivity index (χ1n) is 13.3. The van der Waals surface area contributed by atoms with Crippen molar-refractivity contribution in [2.75, 3.05) is 6.54 Å². The zero-order valence-corrected chi connectivity index (χ0v) is 21.3. The van der Waals surface area contributed by atoms with Crippen molar-refractivity contribution in [3.63, 3.8) is 0 Å². The van der Waals surface area contributed by atoms with Gasteiger partial charge in [-0.3, -0.25) is 5.01 Å². The Hall–Kier alpha value is -1.83. The maximum absolute atomic E-state index is 5.36. The van der Waals surface area contributed by atoms with Crippen LogP contribution in [0.1, 0.15) is 98.0 Å². The van der Waals surface area contributed by atoms with Crippen LogP contribution in [0.5, 0.6) is 0 Å². The Bertz CT molecular complexity index is 780. The first-order chi connectivity index (χ1) is 15.6. The van der Waals surface area contributed by atoms with Crippen LogP contribution in [0.2, 0.25) is 0 Å². The van der Waals surface area contributed by atoms with Crippen LogP contribution >= 0.6 is 0 Å². The van der Waals surface area contributed by atoms with Gasteiger partial charge in [-0.05, 0) is 56.9 Å². The quantitative estimate of drug-likeness (QED) is 0.337. The van der Waals surface area contributed by atoms with Crippen molar-refractivity contribution in [3.8, 4) is 0 Å². The smallest absolute Gasteiger partial charge is 0.0770 e. The Balaban J connectivity index is 1.90. The molecular weight excluding hydrogens is 388 g/mol. The summed E-state index contributed by atoms with van der Waals surface area (Å²) >= 11 is 0. The second-order valence-corrected chi connectivity index (χ2v) is 10.2. The summed E-state index contributed by atoms with van der Waals surface area (Å²) in [5, 5.41) is 7.89. The molecule has 0 aromatic heterocycles. The summed E-state index contributed by atoms with van der Waals surface area (Å²) in [4.78, 5) is 0. The molecule has 1 heterocycles. The molecule has 1 fully saturated rings. The van der Waals surface area contributed by atoms with Crippen LogP contribution in [0.25, 0.3) is 0 Å². The lowest BCUT2D eigenvalue weighted by atomic mass is 9.80. The Kier molecular flexibility index (Phi) is 9.63. The van der Waals surface area contributed by atoms with E-state index in [1.807, 2.05) is 0 Å². The van der Waals surface area contributed by atoms with E-state index >= 15 is 0 Å². The van der Waals surface area contributed by atoms with Gasteiger partial charge < -0.3 is 0 Å². The molecule has 32 heavy (non-hydrogen) atoms. The average Bonchev–Trinajstić information content (AvgIpc) is 3.19. The van der Waals surface area contributed by atoms with Gasteiger partial charge in [0.25, 0.3) is 0 Å². The highest BCUT2D eigenvalue weighted by Crippen LogP contribution is 2.37. The SMILES string of the molecule is CCCCC1C(/C(C)=C/C=C(\C)CC)C(c2ccccc2)=NN1CC1CCC(CC)CC1. The van der Waals surface area contributed by atoms with E-state index in [0.29, 0.717) is 12.0 Å². The summed E-state index contributed by atoms with van der Waals surface area (Å²) in [6, 6.07) is 11.4. The number of unbranched alkanes of at least 4 members (excludes halogenated alkanes) is 1. The van der Waals surface area contributed by atoms with Gasteiger partial charge in [-0.15, -0.1) is 0 Å². The number of nitrogens with zero attached hydrogens (tertiary/aromatic N) is 2. The van der Waals surface area contributed by atoms with Gasteiger partial charge in [0.05, 0.1) is 11.8 Å². The largest absolute Gasteiger partial charge is 0.292 e. The third-order valence-electron chi connectivity index (χ3n) is 7.89. The third kappa shape index (κ3) is 6.36. The minimum atomic E-state index is 0.386. The minimum absolute atomic E-state index is 0.386. The van der Waals surface area contributed by atoms with Gasteiger partial charge in [0, 0.05) is 12.5 Å². The molecule has 2 unspecified atom stereocenters. The van der Waals surface area contributed by atoms with Crippen molar-refractivity contribution in [2.24, 2.45) is 22.9 Å². The Morgan fingerprint density at radius 1 is 0.969 bits per heavy atom. The summed E-state index contributed by atoms with van der Waals surface area (Å²) in [6.07, 6.45) is 16.5. The van der Waals surface area contributed by atoms with E-state index in [2.05, 4.69) is 82.1 Å². The summed E-state index contributed by atoms with van der Waals surface area (Å²) in [6.45, 7) is 12.6. The van der Waals surface area contributed by atoms with Gasteiger partial charge in [0.15, 0.2) is 0 Å². The monoisotopic (exact) mass is 434 g/mol. The summed E-state index contributed by atoms with van der Waals surface area (Å²) in [5.41, 5.74) is 5.47. The molecule has 1 aromatic carbocycles. The van der Waals surface area contributed by atoms with Gasteiger partial charge in [0.2, 0.25) is 0 Å². The number of hydrogen-bond donors (Lipinski definition) is 0. The lowest BCUT2D eigenvalue weighted by molar-refractivity contribution is 0.138. The van der Waals surface area contributed by atoms with Crippen molar-refractivity contribution >= 4 is 5.71 Å². The zero-order chi connectivity index (χ0) is 22.9. The fourth-order valence-corrected chi connectivity index (χ4v) is 5.48. The Morgan fingerprint density at radius 3 is 2.28 bits per heavy atom. The molecule has 176 valence electrons. The average molecular weight is 435 g/mol. The zero-order valence-electron chi connectivity index (χ0n) is 21.3. The number of hydrogen-bond acceptors (Lipinski definition) is 2. The molecule has 1 saturated carbocycles. The third-order valence-corrected chi connectivity index (χ3v) is 7.89. The molecule has 2 aliphatic rings. The van der Waals surface area contributed by atoms with Gasteiger partial charge in [-0.25, -0.2) is 0 Å². The van der Waals surface area contributed by atoms with E-state index in [4.69, 9.17) is 5.10 Å². The van der Waals surface area contributed by atoms with Crippen LogP contribution in [0, 0.1) is 17.8 Å². The van der Waals surface area contributed by atoms with Crippen molar-refractivity contribution in [2.45, 2.75) is 98.4 Å². The van der Waals surface area contributed by atoms with Crippen molar-refractivity contribution < 1.29 is 0 Å². The minimum Gasteiger partial charge on any atom is -0.292 e. The molecule has 1 aromatic rings. The molecule has 0 N–H and O–H groups in total. The molecule has 1 aliphatic heterocycles. The van der Waals surface area contributed by atoms with Crippen LogP contribution in [0.15, 0.2) is 58.7 Å². The second-order valence-electron chi connectivity index (χ2n) is 10.2. The molecule has 2 nitrogen and oxygen atoms in total. The Labute approximate surface area is 197 Å². The van der Waals surface area contributed by atoms with E-state index < -0.39 is 0 Å². The number of hydrazone groups is 1. The molecular formula is C30H46N2. The lowest BCUT2D eigenvalue weighted by Crippen LogP contribution is -2.37. The topological polar surface area (TPSA) is 15.6 Å². The van der Waals surface area contributed by atoms with Crippen molar-refractivity contribution in [3.05, 3.63) is 59.2 Å². The highest BCUT2D eigenvalue weighted by Gasteiger charge is 2.39. The fraction of sp³-hybridized carbons (Fsp3) is 0.633. The maximum Gasteiger partial charge on any atom is 0.0770 e. The predicted octanol–water partition coefficient (Wildman–Crippen LogP) is 8.40. The summed E-state index contributed by atoms with van der Waals surface area (Å²) < 4.78 is 0. The van der Waals surface area contributed by atoms with Crippen LogP contribution in [0.3, 0.4) is 0 Å². The molecule has 1 aliphatic carbocycles. The van der Waals surface area contributed by atoms with Crippen molar-refractivity contribution in [1.29, 1.82) is 0 Å².